The predicted octanol–water partition coefficient (Wildman–Crippen LogP) is 3.42. The Morgan fingerprint density at radius 1 is 0.625 bits per heavy atom. The molecular weight excluding hydrogens is 404 g/mol. The lowest BCUT2D eigenvalue weighted by molar-refractivity contribution is -0.121. The molecule has 0 saturated heterocycles. The van der Waals surface area contributed by atoms with Crippen LogP contribution in [0.3, 0.4) is 0 Å². The van der Waals surface area contributed by atoms with Crippen molar-refractivity contribution in [2.24, 2.45) is 0 Å². The van der Waals surface area contributed by atoms with Crippen molar-refractivity contribution in [1.82, 2.24) is 10.6 Å². The highest BCUT2D eigenvalue weighted by Crippen LogP contribution is 2.13. The number of rotatable bonds is 10. The molecule has 0 radical (unpaired) electrons. The Morgan fingerprint density at radius 3 is 1.41 bits per heavy atom. The fourth-order valence-electron chi connectivity index (χ4n) is 3.23. The quantitative estimate of drug-likeness (QED) is 0.515. The van der Waals surface area contributed by atoms with Crippen molar-refractivity contribution in [3.8, 4) is 11.5 Å². The highest BCUT2D eigenvalue weighted by Gasteiger charge is 2.06. The Hall–Kier alpha value is -3.80. The zero-order valence-corrected chi connectivity index (χ0v) is 18.4. The molecule has 0 spiro atoms. The van der Waals surface area contributed by atoms with Gasteiger partial charge < -0.3 is 20.1 Å². The van der Waals surface area contributed by atoms with Crippen LogP contribution in [-0.4, -0.2) is 26.0 Å². The molecule has 3 rings (SSSR count). The number of ether oxygens (including phenoxy) is 2. The van der Waals surface area contributed by atoms with Gasteiger partial charge in [0, 0.05) is 13.1 Å². The minimum Gasteiger partial charge on any atom is -0.497 e. The number of hydrogen-bond acceptors (Lipinski definition) is 4. The highest BCUT2D eigenvalue weighted by atomic mass is 16.5. The van der Waals surface area contributed by atoms with Crippen LogP contribution in [0, 0.1) is 0 Å². The summed E-state index contributed by atoms with van der Waals surface area (Å²) in [4.78, 5) is 24.5. The topological polar surface area (TPSA) is 76.7 Å². The number of methoxy groups -OCH3 is 2. The molecular formula is C26H28N2O4. The van der Waals surface area contributed by atoms with Crippen molar-refractivity contribution in [1.29, 1.82) is 0 Å². The standard InChI is InChI=1S/C26H28N2O4/c1-31-23-10-6-19(7-11-23)15-25(29)27-17-21-4-3-5-22(14-21)18-28-26(30)16-20-8-12-24(32-2)13-9-20/h3-14H,15-18H2,1-2H3,(H,27,29)(H,28,30). The van der Waals surface area contributed by atoms with E-state index < -0.39 is 0 Å². The van der Waals surface area contributed by atoms with E-state index in [9.17, 15) is 9.59 Å². The van der Waals surface area contributed by atoms with E-state index in [-0.39, 0.29) is 11.8 Å². The molecule has 0 bridgehead atoms. The van der Waals surface area contributed by atoms with Gasteiger partial charge in [-0.05, 0) is 46.5 Å². The Balaban J connectivity index is 1.44. The number of carbonyl (C=O) groups excluding carboxylic acids is 2. The molecule has 0 atom stereocenters. The molecule has 0 heterocycles. The largest absolute Gasteiger partial charge is 0.497 e. The van der Waals surface area contributed by atoms with Crippen LogP contribution < -0.4 is 20.1 Å². The van der Waals surface area contributed by atoms with Crippen LogP contribution in [0.25, 0.3) is 0 Å². The molecule has 2 N–H and O–H groups in total. The first-order chi connectivity index (χ1) is 15.6. The van der Waals surface area contributed by atoms with Gasteiger partial charge in [0.15, 0.2) is 0 Å². The summed E-state index contributed by atoms with van der Waals surface area (Å²) in [6.07, 6.45) is 0.621. The smallest absolute Gasteiger partial charge is 0.224 e. The fourth-order valence-corrected chi connectivity index (χ4v) is 3.23. The molecule has 6 heteroatoms. The van der Waals surface area contributed by atoms with Crippen LogP contribution in [0.2, 0.25) is 0 Å². The molecule has 32 heavy (non-hydrogen) atoms. The van der Waals surface area contributed by atoms with Gasteiger partial charge in [-0.1, -0.05) is 48.5 Å². The third-order valence-corrected chi connectivity index (χ3v) is 5.02. The first-order valence-corrected chi connectivity index (χ1v) is 10.4. The summed E-state index contributed by atoms with van der Waals surface area (Å²) in [6, 6.07) is 22.7. The molecule has 6 nitrogen and oxygen atoms in total. The second kappa shape index (κ2) is 11.6. The fraction of sp³-hybridized carbons (Fsp3) is 0.231. The van der Waals surface area contributed by atoms with Crippen molar-refractivity contribution in [2.45, 2.75) is 25.9 Å². The van der Waals surface area contributed by atoms with Gasteiger partial charge in [0.25, 0.3) is 0 Å². The summed E-state index contributed by atoms with van der Waals surface area (Å²) in [5, 5.41) is 5.88. The van der Waals surface area contributed by atoms with Gasteiger partial charge in [0.05, 0.1) is 27.1 Å². The van der Waals surface area contributed by atoms with Gasteiger partial charge in [-0.2, -0.15) is 0 Å². The van der Waals surface area contributed by atoms with Gasteiger partial charge in [-0.15, -0.1) is 0 Å². The minimum atomic E-state index is -0.0478. The van der Waals surface area contributed by atoms with E-state index in [0.29, 0.717) is 25.9 Å². The van der Waals surface area contributed by atoms with Gasteiger partial charge in [-0.25, -0.2) is 0 Å². The second-order valence-corrected chi connectivity index (χ2v) is 7.42. The van der Waals surface area contributed by atoms with E-state index in [4.69, 9.17) is 9.47 Å². The Kier molecular flexibility index (Phi) is 8.26. The van der Waals surface area contributed by atoms with E-state index in [1.54, 1.807) is 14.2 Å². The Labute approximate surface area is 188 Å². The Bertz CT molecular complexity index is 950. The van der Waals surface area contributed by atoms with Crippen LogP contribution >= 0.6 is 0 Å². The lowest BCUT2D eigenvalue weighted by Crippen LogP contribution is -2.25. The van der Waals surface area contributed by atoms with E-state index in [1.165, 1.54) is 0 Å². The van der Waals surface area contributed by atoms with Crippen LogP contribution in [0.15, 0.2) is 72.8 Å². The Morgan fingerprint density at radius 2 is 1.03 bits per heavy atom. The third kappa shape index (κ3) is 7.16. The van der Waals surface area contributed by atoms with Crippen molar-refractivity contribution in [3.05, 3.63) is 95.1 Å². The third-order valence-electron chi connectivity index (χ3n) is 5.02. The van der Waals surface area contributed by atoms with E-state index in [0.717, 1.165) is 33.8 Å². The highest BCUT2D eigenvalue weighted by molar-refractivity contribution is 5.79. The molecule has 0 saturated carbocycles. The number of hydrogen-bond donors (Lipinski definition) is 2. The zero-order valence-electron chi connectivity index (χ0n) is 18.4. The summed E-state index contributed by atoms with van der Waals surface area (Å²) in [5.74, 6) is 1.44. The molecule has 0 aliphatic carbocycles. The van der Waals surface area contributed by atoms with Crippen LogP contribution in [0.5, 0.6) is 11.5 Å². The predicted molar refractivity (Wildman–Crippen MR) is 124 cm³/mol. The van der Waals surface area contributed by atoms with E-state index in [2.05, 4.69) is 10.6 Å². The van der Waals surface area contributed by atoms with E-state index in [1.807, 2.05) is 72.8 Å². The lowest BCUT2D eigenvalue weighted by atomic mass is 10.1. The normalized spacial score (nSPS) is 10.3. The molecule has 0 unspecified atom stereocenters. The first-order valence-electron chi connectivity index (χ1n) is 10.4. The SMILES string of the molecule is COc1ccc(CC(=O)NCc2cccc(CNC(=O)Cc3ccc(OC)cc3)c2)cc1. The van der Waals surface area contributed by atoms with Gasteiger partial charge in [0.1, 0.15) is 11.5 Å². The molecule has 0 aliphatic heterocycles. The average molecular weight is 433 g/mol. The second-order valence-electron chi connectivity index (χ2n) is 7.42. The van der Waals surface area contributed by atoms with Crippen molar-refractivity contribution < 1.29 is 19.1 Å². The van der Waals surface area contributed by atoms with Crippen molar-refractivity contribution >= 4 is 11.8 Å². The van der Waals surface area contributed by atoms with E-state index >= 15 is 0 Å². The summed E-state index contributed by atoms with van der Waals surface area (Å²) in [7, 11) is 3.23. The summed E-state index contributed by atoms with van der Waals surface area (Å²) in [5.41, 5.74) is 3.82. The van der Waals surface area contributed by atoms with Crippen LogP contribution in [0.1, 0.15) is 22.3 Å². The molecule has 166 valence electrons. The maximum atomic E-state index is 12.2. The molecule has 0 aliphatic rings. The summed E-state index contributed by atoms with van der Waals surface area (Å²) >= 11 is 0. The number of amides is 2. The molecule has 3 aromatic carbocycles. The average Bonchev–Trinajstić information content (AvgIpc) is 2.83. The van der Waals surface area contributed by atoms with Crippen LogP contribution in [0.4, 0.5) is 0 Å². The van der Waals surface area contributed by atoms with Crippen LogP contribution in [-0.2, 0) is 35.5 Å². The summed E-state index contributed by atoms with van der Waals surface area (Å²) < 4.78 is 10.3. The number of nitrogens with one attached hydrogen (secondary N) is 2. The maximum Gasteiger partial charge on any atom is 0.224 e. The number of benzene rings is 3. The number of carbonyl (C=O) groups is 2. The van der Waals surface area contributed by atoms with Crippen molar-refractivity contribution in [2.75, 3.05) is 14.2 Å². The maximum absolute atomic E-state index is 12.2. The molecule has 0 fully saturated rings. The monoisotopic (exact) mass is 432 g/mol. The molecule has 2 amide bonds. The minimum absolute atomic E-state index is 0.0478. The first kappa shape index (κ1) is 22.9. The summed E-state index contributed by atoms with van der Waals surface area (Å²) in [6.45, 7) is 0.866. The lowest BCUT2D eigenvalue weighted by Gasteiger charge is -2.09. The zero-order chi connectivity index (χ0) is 22.8. The van der Waals surface area contributed by atoms with Gasteiger partial charge in [0.2, 0.25) is 11.8 Å². The van der Waals surface area contributed by atoms with Gasteiger partial charge >= 0.3 is 0 Å². The van der Waals surface area contributed by atoms with Crippen molar-refractivity contribution in [3.63, 3.8) is 0 Å². The molecule has 3 aromatic rings. The van der Waals surface area contributed by atoms with Gasteiger partial charge in [-0.3, -0.25) is 9.59 Å². The molecule has 0 aromatic heterocycles.